The third-order valence-electron chi connectivity index (χ3n) is 6.42. The fraction of sp³-hybridized carbons (Fsp3) is 0.250. The molecule has 2 nitrogen and oxygen atoms in total. The van der Waals surface area contributed by atoms with Crippen molar-refractivity contribution in [2.24, 2.45) is 0 Å². The van der Waals surface area contributed by atoms with Crippen LogP contribution < -0.4 is 10.4 Å². The van der Waals surface area contributed by atoms with Crippen LogP contribution in [-0.2, 0) is 0 Å². The maximum atomic E-state index is 12.2. The van der Waals surface area contributed by atoms with E-state index in [1.165, 1.54) is 0 Å². The molecule has 0 aromatic heterocycles. The molecule has 3 rings (SSSR count). The normalized spacial score (nSPS) is 11.9. The Morgan fingerprint density at radius 1 is 0.969 bits per heavy atom. The minimum Gasteiger partial charge on any atom is -0.424 e. The van der Waals surface area contributed by atoms with Crippen molar-refractivity contribution in [1.82, 2.24) is 0 Å². The number of halogens is 1. The first-order valence-corrected chi connectivity index (χ1v) is 13.4. The van der Waals surface area contributed by atoms with E-state index in [4.69, 9.17) is 11.6 Å². The van der Waals surface area contributed by atoms with Crippen LogP contribution in [-0.4, -0.2) is 19.4 Å². The molecule has 0 aliphatic carbocycles. The number of aldehydes is 1. The number of rotatable bonds is 10. The van der Waals surface area contributed by atoms with Gasteiger partial charge in [-0.1, -0.05) is 105 Å². The molecule has 0 heterocycles. The summed E-state index contributed by atoms with van der Waals surface area (Å²) >= 11 is 6.04. The molecule has 0 fully saturated rings. The summed E-state index contributed by atoms with van der Waals surface area (Å²) in [6.07, 6.45) is 4.48. The van der Waals surface area contributed by atoms with Crippen LogP contribution in [0.25, 0.3) is 5.57 Å². The van der Waals surface area contributed by atoms with Crippen LogP contribution in [0.3, 0.4) is 0 Å². The van der Waals surface area contributed by atoms with E-state index < -0.39 is 8.32 Å². The predicted octanol–water partition coefficient (Wildman–Crippen LogP) is 6.26. The smallest absolute Gasteiger partial charge is 0.258 e. The highest BCUT2D eigenvalue weighted by Gasteiger charge is 2.49. The van der Waals surface area contributed by atoms with Gasteiger partial charge in [0, 0.05) is 5.56 Å². The summed E-state index contributed by atoms with van der Waals surface area (Å²) < 4.78 is 0. The van der Waals surface area contributed by atoms with E-state index >= 15 is 0 Å². The first-order chi connectivity index (χ1) is 15.3. The van der Waals surface area contributed by atoms with Crippen molar-refractivity contribution in [3.05, 3.63) is 102 Å². The number of allylic oxidation sites excluding steroid dienone is 1. The highest BCUT2D eigenvalue weighted by Crippen LogP contribution is 2.40. The average molecular weight is 463 g/mol. The molecular weight excluding hydrogens is 432 g/mol. The van der Waals surface area contributed by atoms with E-state index in [2.05, 4.69) is 44.7 Å². The van der Waals surface area contributed by atoms with Gasteiger partial charge in [-0.3, -0.25) is 4.79 Å². The van der Waals surface area contributed by atoms with E-state index in [-0.39, 0.29) is 5.04 Å². The zero-order valence-electron chi connectivity index (χ0n) is 18.9. The fourth-order valence-corrected chi connectivity index (χ4v) is 8.34. The van der Waals surface area contributed by atoms with Crippen LogP contribution in [0, 0.1) is 0 Å². The van der Waals surface area contributed by atoms with Crippen molar-refractivity contribution >= 4 is 42.2 Å². The van der Waals surface area contributed by atoms with Gasteiger partial charge >= 0.3 is 0 Å². The highest BCUT2D eigenvalue weighted by molar-refractivity contribution is 6.98. The molecule has 0 radical (unpaired) electrons. The Morgan fingerprint density at radius 2 is 1.53 bits per heavy atom. The Morgan fingerprint density at radius 3 is 2.06 bits per heavy atom. The Hall–Kier alpha value is -2.46. The van der Waals surface area contributed by atoms with Gasteiger partial charge in [0.2, 0.25) is 0 Å². The van der Waals surface area contributed by atoms with Crippen molar-refractivity contribution in [3.63, 3.8) is 0 Å². The number of unbranched alkanes of at least 4 members (excludes halogenated alkanes) is 1. The largest absolute Gasteiger partial charge is 0.424 e. The lowest BCUT2D eigenvalue weighted by Gasteiger charge is -2.41. The Balaban J connectivity index is 1.71. The molecular formula is C28H31ClO2Si. The van der Waals surface area contributed by atoms with Crippen molar-refractivity contribution in [2.45, 2.75) is 44.6 Å². The van der Waals surface area contributed by atoms with Gasteiger partial charge in [0.15, 0.2) is 6.29 Å². The van der Waals surface area contributed by atoms with Gasteiger partial charge in [-0.05, 0) is 57.9 Å². The number of carbonyl (C=O) groups is 1. The maximum absolute atomic E-state index is 12.2. The van der Waals surface area contributed by atoms with Crippen molar-refractivity contribution in [1.29, 1.82) is 0 Å². The summed E-state index contributed by atoms with van der Waals surface area (Å²) in [5.41, 5.74) is 2.45. The third kappa shape index (κ3) is 5.12. The topological polar surface area (TPSA) is 37.3 Å². The van der Waals surface area contributed by atoms with Crippen LogP contribution in [0.5, 0.6) is 0 Å². The third-order valence-corrected chi connectivity index (χ3v) is 11.3. The van der Waals surface area contributed by atoms with E-state index in [9.17, 15) is 9.59 Å². The lowest BCUT2D eigenvalue weighted by molar-refractivity contribution is 0.112. The van der Waals surface area contributed by atoms with E-state index in [1.807, 2.05) is 42.5 Å². The molecule has 1 N–H and O–H groups in total. The molecule has 0 saturated heterocycles. The van der Waals surface area contributed by atoms with Gasteiger partial charge < -0.3 is 4.80 Å². The molecule has 0 aliphatic heterocycles. The average Bonchev–Trinajstić information content (AvgIpc) is 2.82. The van der Waals surface area contributed by atoms with Gasteiger partial charge in [0.05, 0.1) is 5.02 Å². The number of hydrogen-bond donors (Lipinski definition) is 1. The Labute approximate surface area is 197 Å². The predicted molar refractivity (Wildman–Crippen MR) is 139 cm³/mol. The van der Waals surface area contributed by atoms with Crippen LogP contribution in [0.2, 0.25) is 10.1 Å². The van der Waals surface area contributed by atoms with E-state index in [1.54, 1.807) is 12.1 Å². The molecule has 166 valence electrons. The molecule has 0 bridgehead atoms. The fourth-order valence-electron chi connectivity index (χ4n) is 4.39. The summed E-state index contributed by atoms with van der Waals surface area (Å²) in [6.45, 7) is 8.60. The summed E-state index contributed by atoms with van der Waals surface area (Å²) in [7, 11) is -2.97. The van der Waals surface area contributed by atoms with Gasteiger partial charge in [-0.15, -0.1) is 0 Å². The van der Waals surface area contributed by atoms with Gasteiger partial charge in [-0.2, -0.15) is 0 Å². The molecule has 4 heteroatoms. The minimum absolute atomic E-state index is 0.248. The van der Waals surface area contributed by atoms with Crippen LogP contribution in [0.1, 0.15) is 55.5 Å². The second-order valence-corrected chi connectivity index (χ2v) is 13.3. The van der Waals surface area contributed by atoms with Gasteiger partial charge in [0.1, 0.15) is 0 Å². The molecule has 0 amide bonds. The molecule has 0 saturated carbocycles. The van der Waals surface area contributed by atoms with Crippen LogP contribution in [0.15, 0.2) is 85.4 Å². The molecule has 0 aliphatic rings. The molecule has 0 atom stereocenters. The second kappa shape index (κ2) is 10.4. The lowest BCUT2D eigenvalue weighted by Crippen LogP contribution is -2.65. The second-order valence-electron chi connectivity index (χ2n) is 8.99. The minimum atomic E-state index is -2.97. The SMILES string of the molecule is C=C(CCCCC(C)(C)[Si](O)(c1ccccc1)c1ccccc1)c1ccc(Cl)c(C=O)c1. The van der Waals surface area contributed by atoms with E-state index in [0.29, 0.717) is 10.6 Å². The van der Waals surface area contributed by atoms with Gasteiger partial charge in [0.25, 0.3) is 8.32 Å². The van der Waals surface area contributed by atoms with Crippen molar-refractivity contribution in [3.8, 4) is 0 Å². The van der Waals surface area contributed by atoms with E-state index in [0.717, 1.165) is 53.5 Å². The summed E-state index contributed by atoms with van der Waals surface area (Å²) in [5, 5.41) is 2.30. The van der Waals surface area contributed by atoms with Crippen molar-refractivity contribution in [2.75, 3.05) is 0 Å². The Bertz CT molecular complexity index is 1020. The maximum Gasteiger partial charge on any atom is 0.258 e. The Kier molecular flexibility index (Phi) is 7.89. The summed E-state index contributed by atoms with van der Waals surface area (Å²) in [6, 6.07) is 25.8. The van der Waals surface area contributed by atoms with Crippen LogP contribution in [0.4, 0.5) is 0 Å². The van der Waals surface area contributed by atoms with Gasteiger partial charge in [-0.25, -0.2) is 0 Å². The molecule has 0 spiro atoms. The quantitative estimate of drug-likeness (QED) is 0.219. The first kappa shape index (κ1) is 24.2. The molecule has 3 aromatic rings. The summed E-state index contributed by atoms with van der Waals surface area (Å²) in [4.78, 5) is 23.4. The molecule has 0 unspecified atom stereocenters. The lowest BCUT2D eigenvalue weighted by atomic mass is 9.97. The van der Waals surface area contributed by atoms with Crippen LogP contribution >= 0.6 is 11.6 Å². The number of benzene rings is 3. The monoisotopic (exact) mass is 462 g/mol. The molecule has 3 aromatic carbocycles. The number of hydrogen-bond acceptors (Lipinski definition) is 2. The van der Waals surface area contributed by atoms with Crippen molar-refractivity contribution < 1.29 is 9.59 Å². The first-order valence-electron chi connectivity index (χ1n) is 11.1. The highest BCUT2D eigenvalue weighted by atomic mass is 35.5. The summed E-state index contributed by atoms with van der Waals surface area (Å²) in [5.74, 6) is 0. The zero-order valence-corrected chi connectivity index (χ0v) is 20.6. The number of carbonyl (C=O) groups excluding carboxylic acids is 1. The zero-order chi connectivity index (χ0) is 23.2. The molecule has 32 heavy (non-hydrogen) atoms. The standard InChI is InChI=1S/C28H31ClO2Si/c1-22(23-17-18-27(29)24(20-23)21-30)12-10-11-19-28(2,3)32(31,25-13-6-4-7-14-25)26-15-8-5-9-16-26/h4-9,13-18,20-21,31H,1,10-12,19H2,2-3H3.